The van der Waals surface area contributed by atoms with Gasteiger partial charge >= 0.3 is 0 Å². The number of hydrogen-bond acceptors (Lipinski definition) is 0. The van der Waals surface area contributed by atoms with E-state index in [0.717, 1.165) is 36.3 Å². The summed E-state index contributed by atoms with van der Waals surface area (Å²) < 4.78 is 0. The third kappa shape index (κ3) is 5.43. The van der Waals surface area contributed by atoms with E-state index in [0.29, 0.717) is 0 Å². The molecule has 30 heavy (non-hydrogen) atoms. The van der Waals surface area contributed by atoms with E-state index in [1.165, 1.54) is 33.4 Å². The zero-order valence-electron chi connectivity index (χ0n) is 17.4. The fraction of sp³-hybridized carbons (Fsp3) is 0.111. The van der Waals surface area contributed by atoms with Crippen molar-refractivity contribution >= 4 is 17.1 Å². The van der Waals surface area contributed by atoms with Gasteiger partial charge in [-0.15, -0.1) is 0 Å². The van der Waals surface area contributed by atoms with E-state index in [1.807, 2.05) is 0 Å². The second-order valence-corrected chi connectivity index (χ2v) is 8.14. The quantitative estimate of drug-likeness (QED) is 0.448. The molecule has 0 atom stereocenters. The zero-order valence-corrected chi connectivity index (χ0v) is 17.4. The zero-order chi connectivity index (χ0) is 20.9. The Labute approximate surface area is 178 Å². The number of hydrogen-bond donors (Lipinski definition) is 3. The van der Waals surface area contributed by atoms with Crippen LogP contribution in [0.3, 0.4) is 0 Å². The van der Waals surface area contributed by atoms with Crippen LogP contribution in [-0.2, 0) is 19.3 Å². The Morgan fingerprint density at radius 3 is 0.800 bits per heavy atom. The molecule has 0 spiro atoms. The summed E-state index contributed by atoms with van der Waals surface area (Å²) in [6.45, 7) is 0. The SMILES string of the molecule is [NH3+]c1ccc(Cc2cc(Cc3ccc([NH3+])cc3)cc(Cc3ccc([NH3+])cc3)c2)cc1. The number of rotatable bonds is 6. The van der Waals surface area contributed by atoms with Gasteiger partial charge in [-0.25, -0.2) is 0 Å². The summed E-state index contributed by atoms with van der Waals surface area (Å²) in [6.07, 6.45) is 2.78. The molecule has 0 amide bonds. The topological polar surface area (TPSA) is 82.9 Å². The van der Waals surface area contributed by atoms with Gasteiger partial charge in [0, 0.05) is 0 Å². The van der Waals surface area contributed by atoms with Crippen molar-refractivity contribution in [2.75, 3.05) is 0 Å². The van der Waals surface area contributed by atoms with Gasteiger partial charge in [-0.05, 0) is 89.0 Å². The number of benzene rings is 4. The normalized spacial score (nSPS) is 10.9. The second kappa shape index (κ2) is 9.06. The lowest BCUT2D eigenvalue weighted by atomic mass is 9.94. The van der Waals surface area contributed by atoms with E-state index in [9.17, 15) is 0 Å². The van der Waals surface area contributed by atoms with Crippen molar-refractivity contribution in [1.29, 1.82) is 0 Å². The van der Waals surface area contributed by atoms with Gasteiger partial charge in [-0.1, -0.05) is 54.6 Å². The molecular weight excluding hydrogens is 366 g/mol. The van der Waals surface area contributed by atoms with Crippen LogP contribution in [0.25, 0.3) is 0 Å². The predicted molar refractivity (Wildman–Crippen MR) is 122 cm³/mol. The van der Waals surface area contributed by atoms with Crippen molar-refractivity contribution < 1.29 is 17.2 Å². The van der Waals surface area contributed by atoms with E-state index in [-0.39, 0.29) is 0 Å². The Bertz CT molecular complexity index is 954. The van der Waals surface area contributed by atoms with E-state index in [2.05, 4.69) is 108 Å². The minimum Gasteiger partial charge on any atom is -0.325 e. The van der Waals surface area contributed by atoms with Crippen LogP contribution in [0.4, 0.5) is 17.1 Å². The molecule has 9 N–H and O–H groups in total. The highest BCUT2D eigenvalue weighted by Crippen LogP contribution is 2.21. The summed E-state index contributed by atoms with van der Waals surface area (Å²) in [5, 5.41) is 0. The first-order valence-corrected chi connectivity index (χ1v) is 10.4. The monoisotopic (exact) mass is 396 g/mol. The Hall–Kier alpha value is -3.24. The van der Waals surface area contributed by atoms with Gasteiger partial charge in [0.05, 0.1) is 0 Å². The fourth-order valence-corrected chi connectivity index (χ4v) is 3.82. The maximum atomic E-state index is 3.99. The minimum absolute atomic E-state index is 0.927. The van der Waals surface area contributed by atoms with Crippen LogP contribution in [0.15, 0.2) is 91.0 Å². The Morgan fingerprint density at radius 1 is 0.333 bits per heavy atom. The first-order valence-electron chi connectivity index (χ1n) is 10.4. The van der Waals surface area contributed by atoms with E-state index in [4.69, 9.17) is 0 Å². The largest absolute Gasteiger partial charge is 0.325 e. The Balaban J connectivity index is 1.64. The molecule has 0 unspecified atom stereocenters. The summed E-state index contributed by atoms with van der Waals surface area (Å²) in [5.41, 5.74) is 23.1. The maximum absolute atomic E-state index is 3.99. The van der Waals surface area contributed by atoms with Gasteiger partial charge in [-0.3, -0.25) is 0 Å². The van der Waals surface area contributed by atoms with Crippen molar-refractivity contribution in [1.82, 2.24) is 0 Å². The van der Waals surface area contributed by atoms with Crippen molar-refractivity contribution in [2.24, 2.45) is 0 Å². The molecule has 0 aliphatic rings. The molecule has 0 bridgehead atoms. The van der Waals surface area contributed by atoms with Gasteiger partial charge in [-0.2, -0.15) is 0 Å². The molecule has 4 aromatic carbocycles. The average molecular weight is 397 g/mol. The summed E-state index contributed by atoms with van der Waals surface area (Å²) in [4.78, 5) is 0. The molecule has 0 fully saturated rings. The van der Waals surface area contributed by atoms with E-state index in [1.54, 1.807) is 0 Å². The highest BCUT2D eigenvalue weighted by Gasteiger charge is 2.06. The number of quaternary nitrogens is 3. The van der Waals surface area contributed by atoms with Crippen molar-refractivity contribution in [3.63, 3.8) is 0 Å². The molecule has 0 aromatic heterocycles. The Kier molecular flexibility index (Phi) is 6.05. The van der Waals surface area contributed by atoms with Crippen LogP contribution >= 0.6 is 0 Å². The standard InChI is InChI=1S/C27H27N3/c28-25-7-1-19(2-8-25)13-22-16-23(14-20-3-9-26(29)10-4-20)18-24(17-22)15-21-5-11-27(30)12-6-21/h1-12,16-18H,13-15,28-30H2/p+3. The van der Waals surface area contributed by atoms with Crippen LogP contribution in [0.5, 0.6) is 0 Å². The summed E-state index contributed by atoms with van der Waals surface area (Å²) >= 11 is 0. The molecular formula is C27H30N3+3. The van der Waals surface area contributed by atoms with E-state index >= 15 is 0 Å². The molecule has 0 aliphatic heterocycles. The third-order valence-electron chi connectivity index (χ3n) is 5.41. The molecule has 0 radical (unpaired) electrons. The first kappa shape index (κ1) is 20.0. The van der Waals surface area contributed by atoms with Crippen molar-refractivity contribution in [2.45, 2.75) is 19.3 Å². The summed E-state index contributed by atoms with van der Waals surface area (Å²) in [6, 6.07) is 32.6. The van der Waals surface area contributed by atoms with Crippen LogP contribution in [0, 0.1) is 0 Å². The molecule has 4 aromatic rings. The predicted octanol–water partition coefficient (Wildman–Crippen LogP) is 3.08. The fourth-order valence-electron chi connectivity index (χ4n) is 3.82. The molecule has 4 rings (SSSR count). The smallest absolute Gasteiger partial charge is 0.127 e. The third-order valence-corrected chi connectivity index (χ3v) is 5.41. The molecule has 0 heterocycles. The van der Waals surface area contributed by atoms with Crippen molar-refractivity contribution in [3.05, 3.63) is 124 Å². The highest BCUT2D eigenvalue weighted by molar-refractivity contribution is 5.42. The molecule has 0 saturated heterocycles. The second-order valence-electron chi connectivity index (χ2n) is 8.14. The van der Waals surface area contributed by atoms with Crippen LogP contribution in [0.1, 0.15) is 33.4 Å². The molecule has 3 heteroatoms. The van der Waals surface area contributed by atoms with Gasteiger partial charge in [0.2, 0.25) is 0 Å². The summed E-state index contributed by atoms with van der Waals surface area (Å²) in [7, 11) is 0. The van der Waals surface area contributed by atoms with Gasteiger partial charge in [0.15, 0.2) is 0 Å². The van der Waals surface area contributed by atoms with Crippen LogP contribution < -0.4 is 17.2 Å². The van der Waals surface area contributed by atoms with E-state index < -0.39 is 0 Å². The summed E-state index contributed by atoms with van der Waals surface area (Å²) in [5.74, 6) is 0. The van der Waals surface area contributed by atoms with Crippen molar-refractivity contribution in [3.8, 4) is 0 Å². The van der Waals surface area contributed by atoms with Gasteiger partial charge in [0.1, 0.15) is 17.1 Å². The van der Waals surface area contributed by atoms with Crippen LogP contribution in [-0.4, -0.2) is 0 Å². The molecule has 150 valence electrons. The lowest BCUT2D eigenvalue weighted by Crippen LogP contribution is -2.39. The highest BCUT2D eigenvalue weighted by atomic mass is 14.5. The lowest BCUT2D eigenvalue weighted by molar-refractivity contribution is -0.255. The first-order chi connectivity index (χ1) is 14.5. The van der Waals surface area contributed by atoms with Gasteiger partial charge in [0.25, 0.3) is 0 Å². The molecule has 0 saturated carbocycles. The Morgan fingerprint density at radius 2 is 0.567 bits per heavy atom. The minimum atomic E-state index is 0.927. The van der Waals surface area contributed by atoms with Gasteiger partial charge < -0.3 is 17.2 Å². The molecule has 0 aliphatic carbocycles. The van der Waals surface area contributed by atoms with Crippen LogP contribution in [0.2, 0.25) is 0 Å². The average Bonchev–Trinajstić information content (AvgIpc) is 2.73. The maximum Gasteiger partial charge on any atom is 0.127 e. The lowest BCUT2D eigenvalue weighted by Gasteiger charge is -2.11. The molecule has 3 nitrogen and oxygen atoms in total.